The Morgan fingerprint density at radius 1 is 1.39 bits per heavy atom. The van der Waals surface area contributed by atoms with Gasteiger partial charge in [-0.1, -0.05) is 12.1 Å². The van der Waals surface area contributed by atoms with E-state index < -0.39 is 12.1 Å². The second-order valence-electron chi connectivity index (χ2n) is 3.68. The van der Waals surface area contributed by atoms with Crippen molar-refractivity contribution in [1.29, 1.82) is 0 Å². The molecule has 0 saturated carbocycles. The molecule has 1 atom stereocenters. The highest BCUT2D eigenvalue weighted by molar-refractivity contribution is 5.88. The maximum atomic E-state index is 10.9. The summed E-state index contributed by atoms with van der Waals surface area (Å²) in [7, 11) is 1.51. The Balaban J connectivity index is 2.38. The molecule has 0 bridgehead atoms. The fourth-order valence-electron chi connectivity index (χ4n) is 1.67. The van der Waals surface area contributed by atoms with Crippen LogP contribution in [0.25, 0.3) is 0 Å². The Kier molecular flexibility index (Phi) is 3.34. The highest BCUT2D eigenvalue weighted by Gasteiger charge is 2.22. The lowest BCUT2D eigenvalue weighted by Crippen LogP contribution is -2.05. The van der Waals surface area contributed by atoms with E-state index in [-0.39, 0.29) is 11.3 Å². The quantitative estimate of drug-likeness (QED) is 0.865. The molecule has 1 unspecified atom stereocenters. The fraction of sp³-hybridized carbons (Fsp3) is 0.154. The van der Waals surface area contributed by atoms with Gasteiger partial charge in [0.2, 0.25) is 0 Å². The van der Waals surface area contributed by atoms with Crippen LogP contribution >= 0.6 is 0 Å². The van der Waals surface area contributed by atoms with Gasteiger partial charge in [-0.25, -0.2) is 4.79 Å². The first-order valence-electron chi connectivity index (χ1n) is 5.26. The molecule has 5 heteroatoms. The zero-order chi connectivity index (χ0) is 13.1. The number of furan rings is 1. The molecule has 0 saturated heterocycles. The van der Waals surface area contributed by atoms with Crippen LogP contribution in [0.5, 0.6) is 5.75 Å². The van der Waals surface area contributed by atoms with Gasteiger partial charge in [0.15, 0.2) is 5.76 Å². The lowest BCUT2D eigenvalue weighted by atomic mass is 10.0. The van der Waals surface area contributed by atoms with Gasteiger partial charge in [0.25, 0.3) is 0 Å². The number of aliphatic hydroxyl groups excluding tert-OH is 1. The zero-order valence-electron chi connectivity index (χ0n) is 9.66. The Hall–Kier alpha value is -2.27. The van der Waals surface area contributed by atoms with Gasteiger partial charge >= 0.3 is 5.97 Å². The monoisotopic (exact) mass is 248 g/mol. The summed E-state index contributed by atoms with van der Waals surface area (Å²) in [5, 5.41) is 19.1. The predicted molar refractivity (Wildman–Crippen MR) is 62.7 cm³/mol. The highest BCUT2D eigenvalue weighted by Crippen LogP contribution is 2.28. The summed E-state index contributed by atoms with van der Waals surface area (Å²) in [4.78, 5) is 10.9. The van der Waals surface area contributed by atoms with Crippen molar-refractivity contribution in [2.24, 2.45) is 0 Å². The van der Waals surface area contributed by atoms with Crippen LogP contribution in [0.2, 0.25) is 0 Å². The van der Waals surface area contributed by atoms with Crippen molar-refractivity contribution in [2.75, 3.05) is 7.11 Å². The van der Waals surface area contributed by atoms with E-state index in [0.717, 1.165) is 0 Å². The van der Waals surface area contributed by atoms with E-state index in [1.807, 2.05) is 0 Å². The molecule has 1 aromatic carbocycles. The van der Waals surface area contributed by atoms with Gasteiger partial charge in [-0.2, -0.15) is 0 Å². The SMILES string of the molecule is COc1cccc(C(O)c2occc2C(=O)O)c1. The summed E-state index contributed by atoms with van der Waals surface area (Å²) in [6.07, 6.45) is 0.100. The van der Waals surface area contributed by atoms with Gasteiger partial charge in [0.05, 0.1) is 13.4 Å². The van der Waals surface area contributed by atoms with Crippen LogP contribution in [-0.4, -0.2) is 23.3 Å². The minimum absolute atomic E-state index is 0.00996. The first-order valence-corrected chi connectivity index (χ1v) is 5.26. The van der Waals surface area contributed by atoms with Gasteiger partial charge in [-0.05, 0) is 23.8 Å². The van der Waals surface area contributed by atoms with Gasteiger partial charge in [-0.15, -0.1) is 0 Å². The van der Waals surface area contributed by atoms with Crippen LogP contribution in [0.3, 0.4) is 0 Å². The normalized spacial score (nSPS) is 12.1. The summed E-state index contributed by atoms with van der Waals surface area (Å²) >= 11 is 0. The van der Waals surface area contributed by atoms with Crippen molar-refractivity contribution >= 4 is 5.97 Å². The van der Waals surface area contributed by atoms with Crippen LogP contribution in [0.1, 0.15) is 27.8 Å². The van der Waals surface area contributed by atoms with Crippen molar-refractivity contribution in [3.05, 3.63) is 53.5 Å². The molecule has 0 fully saturated rings. The van der Waals surface area contributed by atoms with Crippen molar-refractivity contribution in [3.63, 3.8) is 0 Å². The van der Waals surface area contributed by atoms with Crippen molar-refractivity contribution in [3.8, 4) is 5.75 Å². The molecule has 2 N–H and O–H groups in total. The molecular weight excluding hydrogens is 236 g/mol. The number of carbonyl (C=O) groups is 1. The van der Waals surface area contributed by atoms with E-state index in [0.29, 0.717) is 11.3 Å². The molecule has 0 amide bonds. The van der Waals surface area contributed by atoms with Crippen LogP contribution < -0.4 is 4.74 Å². The van der Waals surface area contributed by atoms with Crippen LogP contribution in [-0.2, 0) is 0 Å². The summed E-state index contributed by atoms with van der Waals surface area (Å²) in [5.41, 5.74) is 0.456. The second-order valence-corrected chi connectivity index (χ2v) is 3.68. The van der Waals surface area contributed by atoms with E-state index in [1.54, 1.807) is 24.3 Å². The number of carboxylic acid groups (broad SMARTS) is 1. The summed E-state index contributed by atoms with van der Waals surface area (Å²) in [6.45, 7) is 0. The fourth-order valence-corrected chi connectivity index (χ4v) is 1.67. The van der Waals surface area contributed by atoms with Crippen LogP contribution in [0.4, 0.5) is 0 Å². The maximum absolute atomic E-state index is 10.9. The Morgan fingerprint density at radius 2 is 2.17 bits per heavy atom. The smallest absolute Gasteiger partial charge is 0.339 e. The predicted octanol–water partition coefficient (Wildman–Crippen LogP) is 2.07. The molecule has 18 heavy (non-hydrogen) atoms. The number of hydrogen-bond acceptors (Lipinski definition) is 4. The number of ether oxygens (including phenoxy) is 1. The number of benzene rings is 1. The number of rotatable bonds is 4. The average molecular weight is 248 g/mol. The molecule has 0 aliphatic carbocycles. The number of hydrogen-bond donors (Lipinski definition) is 2. The molecule has 0 aliphatic heterocycles. The van der Waals surface area contributed by atoms with E-state index in [9.17, 15) is 9.90 Å². The van der Waals surface area contributed by atoms with Crippen LogP contribution in [0.15, 0.2) is 41.0 Å². The largest absolute Gasteiger partial charge is 0.497 e. The lowest BCUT2D eigenvalue weighted by Gasteiger charge is -2.10. The number of methoxy groups -OCH3 is 1. The standard InChI is InChI=1S/C13H12O5/c1-17-9-4-2-3-8(7-9)11(14)12-10(13(15)16)5-6-18-12/h2-7,11,14H,1H3,(H,15,16). The molecule has 5 nitrogen and oxygen atoms in total. The molecule has 94 valence electrons. The molecule has 0 radical (unpaired) electrons. The second kappa shape index (κ2) is 4.93. The Bertz CT molecular complexity index is 558. The lowest BCUT2D eigenvalue weighted by molar-refractivity contribution is 0.0687. The van der Waals surface area contributed by atoms with Gasteiger partial charge in [0, 0.05) is 0 Å². The van der Waals surface area contributed by atoms with Crippen molar-refractivity contribution in [2.45, 2.75) is 6.10 Å². The van der Waals surface area contributed by atoms with Gasteiger partial charge in [0.1, 0.15) is 17.4 Å². The zero-order valence-corrected chi connectivity index (χ0v) is 9.66. The van der Waals surface area contributed by atoms with E-state index in [2.05, 4.69) is 0 Å². The van der Waals surface area contributed by atoms with E-state index in [4.69, 9.17) is 14.3 Å². The van der Waals surface area contributed by atoms with Crippen molar-refractivity contribution < 1.29 is 24.2 Å². The highest BCUT2D eigenvalue weighted by atomic mass is 16.5. The van der Waals surface area contributed by atoms with Crippen LogP contribution in [0, 0.1) is 0 Å². The molecule has 2 rings (SSSR count). The third-order valence-corrected chi connectivity index (χ3v) is 2.58. The van der Waals surface area contributed by atoms with E-state index >= 15 is 0 Å². The minimum atomic E-state index is -1.14. The summed E-state index contributed by atoms with van der Waals surface area (Å²) in [5.74, 6) is -0.550. The summed E-state index contributed by atoms with van der Waals surface area (Å²) in [6, 6.07) is 8.04. The number of aliphatic hydroxyl groups is 1. The number of carboxylic acids is 1. The first-order chi connectivity index (χ1) is 8.63. The topological polar surface area (TPSA) is 79.9 Å². The van der Waals surface area contributed by atoms with Gasteiger partial charge < -0.3 is 19.4 Å². The molecule has 0 spiro atoms. The number of aromatic carboxylic acids is 1. The Morgan fingerprint density at radius 3 is 2.83 bits per heavy atom. The molecular formula is C13H12O5. The van der Waals surface area contributed by atoms with Crippen molar-refractivity contribution in [1.82, 2.24) is 0 Å². The molecule has 2 aromatic rings. The minimum Gasteiger partial charge on any atom is -0.497 e. The third kappa shape index (κ3) is 2.21. The maximum Gasteiger partial charge on any atom is 0.339 e. The summed E-state index contributed by atoms with van der Waals surface area (Å²) < 4.78 is 10.1. The van der Waals surface area contributed by atoms with Gasteiger partial charge in [-0.3, -0.25) is 0 Å². The molecule has 1 heterocycles. The Labute approximate surface area is 103 Å². The third-order valence-electron chi connectivity index (χ3n) is 2.58. The molecule has 1 aromatic heterocycles. The van der Waals surface area contributed by atoms with E-state index in [1.165, 1.54) is 19.4 Å². The first kappa shape index (κ1) is 12.2. The molecule has 0 aliphatic rings. The average Bonchev–Trinajstić information content (AvgIpc) is 2.87.